The summed E-state index contributed by atoms with van der Waals surface area (Å²) in [6.07, 6.45) is -0.612. The molecule has 2 fully saturated rings. The smallest absolute Gasteiger partial charge is 0.373 e. The van der Waals surface area contributed by atoms with Gasteiger partial charge in [0.1, 0.15) is 0 Å². The van der Waals surface area contributed by atoms with Crippen LogP contribution < -0.4 is 10.6 Å². The van der Waals surface area contributed by atoms with Crippen molar-refractivity contribution in [3.8, 4) is 11.8 Å². The first-order chi connectivity index (χ1) is 12.0. The Labute approximate surface area is 144 Å². The summed E-state index contributed by atoms with van der Waals surface area (Å²) in [4.78, 5) is 4.15. The number of benzene rings is 1. The first-order valence-electron chi connectivity index (χ1n) is 8.24. The molecule has 134 valence electrons. The van der Waals surface area contributed by atoms with Crippen LogP contribution >= 0.6 is 0 Å². The van der Waals surface area contributed by atoms with Gasteiger partial charge in [0.05, 0.1) is 30.4 Å². The summed E-state index contributed by atoms with van der Waals surface area (Å²) in [7, 11) is 1.67. The van der Waals surface area contributed by atoms with E-state index in [0.717, 1.165) is 31.4 Å². The van der Waals surface area contributed by atoms with Crippen LogP contribution in [0.15, 0.2) is 29.3 Å². The third-order valence-electron chi connectivity index (χ3n) is 4.42. The number of hydrogen-bond acceptors (Lipinski definition) is 2. The Hall–Kier alpha value is -2.20. The molecular weight excluding hydrogens is 331 g/mol. The Morgan fingerprint density at radius 1 is 1.36 bits per heavy atom. The monoisotopic (exact) mass is 351 g/mol. The minimum Gasteiger partial charge on any atom is -0.373 e. The van der Waals surface area contributed by atoms with Gasteiger partial charge in [0, 0.05) is 12.6 Å². The Bertz CT molecular complexity index is 705. The first-order valence-corrected chi connectivity index (χ1v) is 8.24. The van der Waals surface area contributed by atoms with E-state index in [1.165, 1.54) is 6.07 Å². The summed E-state index contributed by atoms with van der Waals surface area (Å²) < 4.78 is 43.8. The van der Waals surface area contributed by atoms with E-state index in [1.807, 2.05) is 0 Å². The maximum absolute atomic E-state index is 12.7. The van der Waals surface area contributed by atoms with Gasteiger partial charge in [-0.15, -0.1) is 0 Å². The third-order valence-corrected chi connectivity index (χ3v) is 4.42. The summed E-state index contributed by atoms with van der Waals surface area (Å²) in [6.45, 7) is 0.289. The maximum atomic E-state index is 12.7. The Morgan fingerprint density at radius 3 is 2.84 bits per heavy atom. The number of aliphatic imine (C=N–C) groups is 1. The number of nitrogens with zero attached hydrogens (tertiary/aromatic N) is 1. The van der Waals surface area contributed by atoms with Crippen LogP contribution in [-0.2, 0) is 10.9 Å². The van der Waals surface area contributed by atoms with Gasteiger partial charge in [0.15, 0.2) is 5.96 Å². The number of alkyl halides is 3. The predicted octanol–water partition coefficient (Wildman–Crippen LogP) is 2.54. The fraction of sp³-hybridized carbons (Fsp3) is 0.500. The summed E-state index contributed by atoms with van der Waals surface area (Å²) in [5.74, 6) is 6.19. The van der Waals surface area contributed by atoms with E-state index in [2.05, 4.69) is 27.5 Å². The molecule has 7 heteroatoms. The second kappa shape index (κ2) is 7.36. The standard InChI is InChI=1S/C18H20F3N3O/c1-22-17(24-15-11-14-7-8-16(15)25-14)23-9-3-5-12-4-2-6-13(10-12)18(19,20)21/h2,4,6,10,14-16H,7-9,11H2,1H3,(H2,22,23,24). The summed E-state index contributed by atoms with van der Waals surface area (Å²) in [6, 6.07) is 5.25. The van der Waals surface area contributed by atoms with Gasteiger partial charge < -0.3 is 15.4 Å². The molecule has 0 aliphatic carbocycles. The zero-order chi connectivity index (χ0) is 17.9. The van der Waals surface area contributed by atoms with Crippen LogP contribution in [0.5, 0.6) is 0 Å². The Balaban J connectivity index is 1.51. The van der Waals surface area contributed by atoms with Gasteiger partial charge in [-0.05, 0) is 37.5 Å². The van der Waals surface area contributed by atoms with E-state index in [1.54, 1.807) is 13.1 Å². The zero-order valence-corrected chi connectivity index (χ0v) is 13.9. The number of fused-ring (bicyclic) bond motifs is 2. The van der Waals surface area contributed by atoms with Gasteiger partial charge in [-0.2, -0.15) is 13.2 Å². The van der Waals surface area contributed by atoms with Gasteiger partial charge in [-0.3, -0.25) is 4.99 Å². The summed E-state index contributed by atoms with van der Waals surface area (Å²) in [5, 5.41) is 6.38. The van der Waals surface area contributed by atoms with E-state index in [-0.39, 0.29) is 18.7 Å². The fourth-order valence-electron chi connectivity index (χ4n) is 3.21. The number of guanidine groups is 1. The average molecular weight is 351 g/mol. The molecule has 4 nitrogen and oxygen atoms in total. The van der Waals surface area contributed by atoms with E-state index in [0.29, 0.717) is 17.6 Å². The third kappa shape index (κ3) is 4.45. The molecule has 0 aromatic heterocycles. The van der Waals surface area contributed by atoms with Crippen LogP contribution in [0.4, 0.5) is 13.2 Å². The van der Waals surface area contributed by atoms with Crippen molar-refractivity contribution in [2.75, 3.05) is 13.6 Å². The van der Waals surface area contributed by atoms with Crippen molar-refractivity contribution in [1.29, 1.82) is 0 Å². The van der Waals surface area contributed by atoms with Crippen molar-refractivity contribution in [1.82, 2.24) is 10.6 Å². The molecule has 2 bridgehead atoms. The van der Waals surface area contributed by atoms with Gasteiger partial charge in [0.25, 0.3) is 0 Å². The quantitative estimate of drug-likeness (QED) is 0.489. The molecule has 2 saturated heterocycles. The second-order valence-corrected chi connectivity index (χ2v) is 6.17. The summed E-state index contributed by atoms with van der Waals surface area (Å²) in [5.41, 5.74) is -0.359. The molecular formula is C18H20F3N3O. The van der Waals surface area contributed by atoms with Crippen LogP contribution in [0.25, 0.3) is 0 Å². The van der Waals surface area contributed by atoms with Crippen molar-refractivity contribution in [2.24, 2.45) is 4.99 Å². The van der Waals surface area contributed by atoms with E-state index < -0.39 is 11.7 Å². The predicted molar refractivity (Wildman–Crippen MR) is 89.1 cm³/mol. The normalized spacial score (nSPS) is 25.4. The Morgan fingerprint density at radius 2 is 2.20 bits per heavy atom. The molecule has 3 atom stereocenters. The van der Waals surface area contributed by atoms with E-state index >= 15 is 0 Å². The highest BCUT2D eigenvalue weighted by Gasteiger charge is 2.41. The molecule has 3 rings (SSSR count). The SMILES string of the molecule is CN=C(NCC#Cc1cccc(C(F)(F)F)c1)NC1CC2CCC1O2. The maximum Gasteiger partial charge on any atom is 0.416 e. The van der Waals surface area contributed by atoms with E-state index in [9.17, 15) is 13.2 Å². The molecule has 2 heterocycles. The number of hydrogen-bond donors (Lipinski definition) is 2. The molecule has 0 radical (unpaired) electrons. The molecule has 1 aromatic rings. The van der Waals surface area contributed by atoms with Crippen molar-refractivity contribution in [2.45, 2.75) is 43.7 Å². The van der Waals surface area contributed by atoms with Gasteiger partial charge in [0.2, 0.25) is 0 Å². The highest BCUT2D eigenvalue weighted by atomic mass is 19.4. The van der Waals surface area contributed by atoms with Gasteiger partial charge >= 0.3 is 6.18 Å². The average Bonchev–Trinajstić information content (AvgIpc) is 3.20. The summed E-state index contributed by atoms with van der Waals surface area (Å²) >= 11 is 0. The van der Waals surface area contributed by atoms with Crippen LogP contribution in [0.3, 0.4) is 0 Å². The lowest BCUT2D eigenvalue weighted by Gasteiger charge is -2.22. The molecule has 0 amide bonds. The molecule has 2 N–H and O–H groups in total. The van der Waals surface area contributed by atoms with Crippen LogP contribution in [0, 0.1) is 11.8 Å². The molecule has 3 unspecified atom stereocenters. The van der Waals surface area contributed by atoms with Crippen molar-refractivity contribution >= 4 is 5.96 Å². The lowest BCUT2D eigenvalue weighted by Crippen LogP contribution is -2.47. The Kier molecular flexibility index (Phi) is 5.19. The molecule has 2 aliphatic rings. The molecule has 0 spiro atoms. The second-order valence-electron chi connectivity index (χ2n) is 6.17. The largest absolute Gasteiger partial charge is 0.416 e. The van der Waals surface area contributed by atoms with Gasteiger partial charge in [-0.25, -0.2) is 0 Å². The highest BCUT2D eigenvalue weighted by molar-refractivity contribution is 5.80. The minimum absolute atomic E-state index is 0.236. The first kappa shape index (κ1) is 17.6. The lowest BCUT2D eigenvalue weighted by molar-refractivity contribution is -0.137. The fourth-order valence-corrected chi connectivity index (χ4v) is 3.21. The van der Waals surface area contributed by atoms with E-state index in [4.69, 9.17) is 4.74 Å². The van der Waals surface area contributed by atoms with Crippen molar-refractivity contribution in [3.05, 3.63) is 35.4 Å². The number of nitrogens with one attached hydrogen (secondary N) is 2. The number of ether oxygens (including phenoxy) is 1. The lowest BCUT2D eigenvalue weighted by atomic mass is 9.96. The molecule has 0 saturated carbocycles. The van der Waals surface area contributed by atoms with Gasteiger partial charge in [-0.1, -0.05) is 17.9 Å². The molecule has 2 aliphatic heterocycles. The zero-order valence-electron chi connectivity index (χ0n) is 13.9. The minimum atomic E-state index is -4.36. The molecule has 25 heavy (non-hydrogen) atoms. The van der Waals surface area contributed by atoms with Crippen LogP contribution in [-0.4, -0.2) is 37.8 Å². The van der Waals surface area contributed by atoms with Crippen molar-refractivity contribution in [3.63, 3.8) is 0 Å². The number of rotatable bonds is 2. The number of halogens is 3. The topological polar surface area (TPSA) is 45.7 Å². The molecule has 1 aromatic carbocycles. The highest BCUT2D eigenvalue weighted by Crippen LogP contribution is 2.34. The van der Waals surface area contributed by atoms with Crippen LogP contribution in [0.2, 0.25) is 0 Å². The van der Waals surface area contributed by atoms with Crippen molar-refractivity contribution < 1.29 is 17.9 Å². The van der Waals surface area contributed by atoms with Crippen LogP contribution in [0.1, 0.15) is 30.4 Å².